The van der Waals surface area contributed by atoms with Crippen molar-refractivity contribution in [2.75, 3.05) is 10.0 Å². The number of nitrogens with zero attached hydrogens (tertiary/aromatic N) is 1. The van der Waals surface area contributed by atoms with Crippen LogP contribution in [0.15, 0.2) is 56.5 Å². The fourth-order valence-corrected chi connectivity index (χ4v) is 3.71. The lowest BCUT2D eigenvalue weighted by molar-refractivity contribution is 0.390. The predicted molar refractivity (Wildman–Crippen MR) is 89.3 cm³/mol. The van der Waals surface area contributed by atoms with Crippen molar-refractivity contribution in [1.82, 2.24) is 5.16 Å². The highest BCUT2D eigenvalue weighted by molar-refractivity contribution is 7.92. The molecule has 0 saturated carbocycles. The Balaban J connectivity index is 1.70. The Hall–Kier alpha value is -2.74. The minimum absolute atomic E-state index is 0.0718. The molecule has 0 aliphatic rings. The number of hydrogen-bond donors (Lipinski definition) is 2. The van der Waals surface area contributed by atoms with E-state index in [1.807, 2.05) is 12.1 Å². The average Bonchev–Trinajstić information content (AvgIpc) is 3.16. The van der Waals surface area contributed by atoms with Crippen LogP contribution in [0.25, 0.3) is 0 Å². The van der Waals surface area contributed by atoms with Crippen LogP contribution < -0.4 is 10.0 Å². The third-order valence-corrected chi connectivity index (χ3v) is 5.05. The van der Waals surface area contributed by atoms with E-state index < -0.39 is 10.0 Å². The summed E-state index contributed by atoms with van der Waals surface area (Å²) in [5.41, 5.74) is 1.64. The van der Waals surface area contributed by atoms with Crippen LogP contribution >= 0.6 is 0 Å². The van der Waals surface area contributed by atoms with E-state index in [9.17, 15) is 8.42 Å². The van der Waals surface area contributed by atoms with Crippen LogP contribution in [0.5, 0.6) is 0 Å². The SMILES string of the molecule is Cc1noc(C)c1S(=O)(=O)Nc1ccc(NCc2ccco2)cc1. The molecule has 0 saturated heterocycles. The molecule has 3 aromatic rings. The molecule has 0 aliphatic carbocycles. The Morgan fingerprint density at radius 2 is 1.79 bits per heavy atom. The summed E-state index contributed by atoms with van der Waals surface area (Å²) >= 11 is 0. The summed E-state index contributed by atoms with van der Waals surface area (Å²) in [4.78, 5) is 0.0718. The maximum absolute atomic E-state index is 12.4. The number of nitrogens with one attached hydrogen (secondary N) is 2. The smallest absolute Gasteiger partial charge is 0.267 e. The molecule has 2 aromatic heterocycles. The molecular weight excluding hydrogens is 330 g/mol. The van der Waals surface area contributed by atoms with Gasteiger partial charge in [-0.25, -0.2) is 8.42 Å². The number of furan rings is 1. The summed E-state index contributed by atoms with van der Waals surface area (Å²) in [6.07, 6.45) is 1.61. The highest BCUT2D eigenvalue weighted by atomic mass is 32.2. The minimum atomic E-state index is -3.73. The maximum atomic E-state index is 12.4. The Bertz CT molecular complexity index is 893. The third-order valence-electron chi connectivity index (χ3n) is 3.42. The van der Waals surface area contributed by atoms with Crippen LogP contribution in [0.1, 0.15) is 17.2 Å². The number of aromatic nitrogens is 1. The first-order valence-corrected chi connectivity index (χ1v) is 8.76. The van der Waals surface area contributed by atoms with Gasteiger partial charge >= 0.3 is 0 Å². The molecule has 7 nitrogen and oxygen atoms in total. The molecule has 3 rings (SSSR count). The van der Waals surface area contributed by atoms with Gasteiger partial charge < -0.3 is 14.3 Å². The standard InChI is InChI=1S/C16H17N3O4S/c1-11-16(12(2)23-18-11)24(20,21)19-14-7-5-13(6-8-14)17-10-15-4-3-9-22-15/h3-9,17,19H,10H2,1-2H3. The number of sulfonamides is 1. The van der Waals surface area contributed by atoms with Crippen LogP contribution in [0.3, 0.4) is 0 Å². The van der Waals surface area contributed by atoms with Gasteiger partial charge in [-0.05, 0) is 50.2 Å². The monoisotopic (exact) mass is 347 g/mol. The van der Waals surface area contributed by atoms with Crippen molar-refractivity contribution in [3.63, 3.8) is 0 Å². The fraction of sp³-hybridized carbons (Fsp3) is 0.188. The van der Waals surface area contributed by atoms with Gasteiger partial charge in [0, 0.05) is 11.4 Å². The van der Waals surface area contributed by atoms with Crippen LogP contribution in [0.2, 0.25) is 0 Å². The Morgan fingerprint density at radius 1 is 1.08 bits per heavy atom. The zero-order valence-electron chi connectivity index (χ0n) is 13.2. The van der Waals surface area contributed by atoms with Crippen molar-refractivity contribution in [3.8, 4) is 0 Å². The van der Waals surface area contributed by atoms with Gasteiger partial charge in [0.05, 0.1) is 12.8 Å². The average molecular weight is 347 g/mol. The van der Waals surface area contributed by atoms with Gasteiger partial charge in [-0.15, -0.1) is 0 Å². The quantitative estimate of drug-likeness (QED) is 0.710. The van der Waals surface area contributed by atoms with Gasteiger partial charge in [-0.3, -0.25) is 4.72 Å². The fourth-order valence-electron chi connectivity index (χ4n) is 2.32. The van der Waals surface area contributed by atoms with E-state index in [1.54, 1.807) is 44.4 Å². The number of anilines is 2. The van der Waals surface area contributed by atoms with E-state index in [0.29, 0.717) is 17.9 Å². The molecule has 126 valence electrons. The Morgan fingerprint density at radius 3 is 2.38 bits per heavy atom. The first-order valence-electron chi connectivity index (χ1n) is 7.28. The van der Waals surface area contributed by atoms with Gasteiger partial charge in [0.2, 0.25) is 0 Å². The number of hydrogen-bond acceptors (Lipinski definition) is 6. The first kappa shape index (κ1) is 16.1. The zero-order chi connectivity index (χ0) is 17.2. The van der Waals surface area contributed by atoms with Crippen LogP contribution in [-0.4, -0.2) is 13.6 Å². The summed E-state index contributed by atoms with van der Waals surface area (Å²) in [6.45, 7) is 3.71. The molecule has 0 spiro atoms. The van der Waals surface area contributed by atoms with Gasteiger partial charge in [0.25, 0.3) is 10.0 Å². The van der Waals surface area contributed by atoms with Gasteiger partial charge in [0.1, 0.15) is 11.5 Å². The lowest BCUT2D eigenvalue weighted by atomic mass is 10.3. The lowest BCUT2D eigenvalue weighted by Crippen LogP contribution is -2.14. The molecular formula is C16H17N3O4S. The topological polar surface area (TPSA) is 97.4 Å². The third kappa shape index (κ3) is 3.43. The molecule has 0 amide bonds. The van der Waals surface area contributed by atoms with E-state index in [0.717, 1.165) is 11.4 Å². The molecule has 1 aromatic carbocycles. The minimum Gasteiger partial charge on any atom is -0.467 e. The molecule has 0 fully saturated rings. The van der Waals surface area contributed by atoms with Crippen LogP contribution in [-0.2, 0) is 16.6 Å². The first-order chi connectivity index (χ1) is 11.5. The van der Waals surface area contributed by atoms with Crippen molar-refractivity contribution in [3.05, 3.63) is 59.9 Å². The molecule has 24 heavy (non-hydrogen) atoms. The molecule has 2 heterocycles. The second kappa shape index (κ2) is 6.40. The molecule has 0 unspecified atom stereocenters. The van der Waals surface area contributed by atoms with Gasteiger partial charge in [-0.2, -0.15) is 0 Å². The largest absolute Gasteiger partial charge is 0.467 e. The molecule has 0 atom stereocenters. The highest BCUT2D eigenvalue weighted by Crippen LogP contribution is 2.23. The van der Waals surface area contributed by atoms with Gasteiger partial charge in [-0.1, -0.05) is 5.16 Å². The summed E-state index contributed by atoms with van der Waals surface area (Å²) < 4.78 is 37.5. The van der Waals surface area contributed by atoms with Crippen molar-refractivity contribution < 1.29 is 17.4 Å². The normalized spacial score (nSPS) is 11.4. The number of rotatable bonds is 6. The summed E-state index contributed by atoms with van der Waals surface area (Å²) in [5.74, 6) is 1.08. The van der Waals surface area contributed by atoms with Crippen molar-refractivity contribution in [1.29, 1.82) is 0 Å². The summed E-state index contributed by atoms with van der Waals surface area (Å²) in [7, 11) is -3.73. The number of aryl methyl sites for hydroxylation is 2. The second-order valence-electron chi connectivity index (χ2n) is 5.27. The van der Waals surface area contributed by atoms with Crippen LogP contribution in [0.4, 0.5) is 11.4 Å². The van der Waals surface area contributed by atoms with E-state index >= 15 is 0 Å². The summed E-state index contributed by atoms with van der Waals surface area (Å²) in [5, 5.41) is 6.86. The highest BCUT2D eigenvalue weighted by Gasteiger charge is 2.24. The van der Waals surface area contributed by atoms with E-state index in [1.165, 1.54) is 0 Å². The van der Waals surface area contributed by atoms with Crippen molar-refractivity contribution in [2.45, 2.75) is 25.3 Å². The van der Waals surface area contributed by atoms with Gasteiger partial charge in [0.15, 0.2) is 10.7 Å². The predicted octanol–water partition coefficient (Wildman–Crippen LogP) is 3.30. The van der Waals surface area contributed by atoms with Crippen LogP contribution in [0, 0.1) is 13.8 Å². The van der Waals surface area contributed by atoms with Crippen molar-refractivity contribution in [2.24, 2.45) is 0 Å². The Kier molecular flexibility index (Phi) is 4.30. The van der Waals surface area contributed by atoms with E-state index in [-0.39, 0.29) is 10.7 Å². The lowest BCUT2D eigenvalue weighted by Gasteiger charge is -2.09. The zero-order valence-corrected chi connectivity index (χ0v) is 14.1. The molecule has 0 aliphatic heterocycles. The molecule has 8 heteroatoms. The number of benzene rings is 1. The second-order valence-corrected chi connectivity index (χ2v) is 6.89. The van der Waals surface area contributed by atoms with Crippen molar-refractivity contribution >= 4 is 21.4 Å². The molecule has 2 N–H and O–H groups in total. The maximum Gasteiger partial charge on any atom is 0.267 e. The van der Waals surface area contributed by atoms with E-state index in [4.69, 9.17) is 8.94 Å². The Labute approximate surface area is 139 Å². The summed E-state index contributed by atoms with van der Waals surface area (Å²) in [6, 6.07) is 10.6. The van der Waals surface area contributed by atoms with E-state index in [2.05, 4.69) is 15.2 Å². The molecule has 0 radical (unpaired) electrons. The molecule has 0 bridgehead atoms.